The first-order valence-corrected chi connectivity index (χ1v) is 23.1. The van der Waals surface area contributed by atoms with Gasteiger partial charge in [-0.1, -0.05) is 177 Å². The molecule has 2 heterocycles. The molecule has 0 N–H and O–H groups in total. The molecule has 0 aliphatic heterocycles. The maximum absolute atomic E-state index is 5.07. The van der Waals surface area contributed by atoms with Gasteiger partial charge < -0.3 is 14.0 Å². The summed E-state index contributed by atoms with van der Waals surface area (Å²) in [7, 11) is 0. The number of hydrogen-bond donors (Lipinski definition) is 0. The largest absolute Gasteiger partial charge is 0.310 e. The van der Waals surface area contributed by atoms with E-state index in [1.54, 1.807) is 0 Å². The summed E-state index contributed by atoms with van der Waals surface area (Å²) in [6, 6.07) is 59.3. The Balaban J connectivity index is 1.20. The van der Waals surface area contributed by atoms with Gasteiger partial charge >= 0.3 is 0 Å². The van der Waals surface area contributed by atoms with Crippen LogP contribution in [0.3, 0.4) is 0 Å². The molecular weight excluding hydrogens is 791 g/mol. The average molecular weight is 850 g/mol. The van der Waals surface area contributed by atoms with Gasteiger partial charge in [-0.3, -0.25) is 0 Å². The maximum atomic E-state index is 5.07. The quantitative estimate of drug-likeness (QED) is 0.116. The van der Waals surface area contributed by atoms with Crippen molar-refractivity contribution in [2.75, 3.05) is 4.90 Å². The van der Waals surface area contributed by atoms with Gasteiger partial charge in [0.1, 0.15) is 0 Å². The molecule has 0 saturated heterocycles. The van der Waals surface area contributed by atoms with Crippen LogP contribution < -0.4 is 4.90 Å². The van der Waals surface area contributed by atoms with Crippen LogP contribution >= 0.6 is 0 Å². The normalized spacial score (nSPS) is 11.6. The summed E-state index contributed by atoms with van der Waals surface area (Å²) in [5, 5.41) is 0. The monoisotopic (exact) mass is 849 g/mol. The molecule has 9 rings (SSSR count). The first-order valence-electron chi connectivity index (χ1n) is 23.1. The molecule has 0 amide bonds. The summed E-state index contributed by atoms with van der Waals surface area (Å²) in [5.41, 5.74) is 19.4. The molecule has 0 radical (unpaired) electrons. The smallest absolute Gasteiger partial charge is 0.0999 e. The standard InChI is InChI=1S/C60H59N5/c1-40(2)53-27-17-28-54(41(3)4)59(53)63-36-57(61-38-63)46-23-15-25-50(32-46)65(52-34-48(44-19-11-9-12-20-44)31-49(35-52)45-21-13-10-14-22-45)51-26-16-24-47(33-51)58-37-64(39-62-58)60-55(42(5)6)29-18-30-56(60)43(7)8/h9-43H,1-8H3. The molecule has 0 aliphatic carbocycles. The number of rotatable bonds is 13. The van der Waals surface area contributed by atoms with Gasteiger partial charge in [0.2, 0.25) is 0 Å². The van der Waals surface area contributed by atoms with Gasteiger partial charge in [0.15, 0.2) is 0 Å². The number of anilines is 3. The Hall–Kier alpha value is -7.24. The first-order chi connectivity index (χ1) is 31.5. The highest BCUT2D eigenvalue weighted by Gasteiger charge is 2.21. The molecule has 2 aromatic heterocycles. The lowest BCUT2D eigenvalue weighted by Gasteiger charge is -2.27. The van der Waals surface area contributed by atoms with Crippen LogP contribution in [0.25, 0.3) is 56.1 Å². The molecule has 0 aliphatic rings. The molecule has 65 heavy (non-hydrogen) atoms. The highest BCUT2D eigenvalue weighted by Crippen LogP contribution is 2.42. The van der Waals surface area contributed by atoms with Gasteiger partial charge in [-0.25, -0.2) is 9.97 Å². The van der Waals surface area contributed by atoms with Crippen LogP contribution in [0.4, 0.5) is 17.1 Å². The van der Waals surface area contributed by atoms with E-state index in [2.05, 4.69) is 246 Å². The number of nitrogens with zero attached hydrogens (tertiary/aromatic N) is 5. The van der Waals surface area contributed by atoms with Crippen LogP contribution in [0.1, 0.15) is 101 Å². The van der Waals surface area contributed by atoms with E-state index < -0.39 is 0 Å². The van der Waals surface area contributed by atoms with E-state index in [9.17, 15) is 0 Å². The lowest BCUT2D eigenvalue weighted by atomic mass is 9.92. The molecule has 324 valence electrons. The predicted octanol–water partition coefficient (Wildman–Crippen LogP) is 16.7. The Morgan fingerprint density at radius 2 is 0.677 bits per heavy atom. The molecule has 7 aromatic carbocycles. The van der Waals surface area contributed by atoms with Crippen molar-refractivity contribution in [2.24, 2.45) is 0 Å². The molecule has 9 aromatic rings. The third kappa shape index (κ3) is 8.84. The fraction of sp³-hybridized carbons (Fsp3) is 0.200. The zero-order chi connectivity index (χ0) is 45.2. The molecule has 5 nitrogen and oxygen atoms in total. The van der Waals surface area contributed by atoms with E-state index in [1.807, 2.05) is 12.7 Å². The minimum Gasteiger partial charge on any atom is -0.310 e. The van der Waals surface area contributed by atoms with E-state index in [0.29, 0.717) is 23.7 Å². The molecule has 0 atom stereocenters. The SMILES string of the molecule is CC(C)c1cccc(C(C)C)c1-n1cnc(-c2cccc(N(c3cc(-c4ccccc4)cc(-c4ccccc4)c3)c3cccc(-c4cn(-c5c(C(C)C)cccc5C(C)C)cn4)c3)c2)c1. The van der Waals surface area contributed by atoms with E-state index in [0.717, 1.165) is 61.8 Å². The number of para-hydroxylation sites is 2. The van der Waals surface area contributed by atoms with E-state index >= 15 is 0 Å². The number of hydrogen-bond acceptors (Lipinski definition) is 3. The van der Waals surface area contributed by atoms with Crippen LogP contribution in [0, 0.1) is 0 Å². The average Bonchev–Trinajstić information content (AvgIpc) is 4.03. The predicted molar refractivity (Wildman–Crippen MR) is 273 cm³/mol. The van der Waals surface area contributed by atoms with E-state index in [-0.39, 0.29) is 0 Å². The Kier molecular flexibility index (Phi) is 12.2. The lowest BCUT2D eigenvalue weighted by Crippen LogP contribution is -2.10. The zero-order valence-corrected chi connectivity index (χ0v) is 38.9. The van der Waals surface area contributed by atoms with Crippen molar-refractivity contribution in [1.82, 2.24) is 19.1 Å². The molecule has 0 unspecified atom stereocenters. The second-order valence-corrected chi connectivity index (χ2v) is 18.5. The molecule has 0 saturated carbocycles. The second kappa shape index (κ2) is 18.5. The van der Waals surface area contributed by atoms with Gasteiger partial charge in [0.05, 0.1) is 35.4 Å². The van der Waals surface area contributed by atoms with E-state index in [4.69, 9.17) is 9.97 Å². The summed E-state index contributed by atoms with van der Waals surface area (Å²) < 4.78 is 4.46. The first kappa shape index (κ1) is 43.0. The highest BCUT2D eigenvalue weighted by molar-refractivity contribution is 5.87. The number of benzene rings is 7. The third-order valence-electron chi connectivity index (χ3n) is 12.6. The Morgan fingerprint density at radius 1 is 0.338 bits per heavy atom. The van der Waals surface area contributed by atoms with Crippen LogP contribution in [0.5, 0.6) is 0 Å². The van der Waals surface area contributed by atoms with Crippen molar-refractivity contribution in [1.29, 1.82) is 0 Å². The van der Waals surface area contributed by atoms with Crippen LogP contribution in [0.2, 0.25) is 0 Å². The Bertz CT molecular complexity index is 2800. The van der Waals surface area contributed by atoms with Gasteiger partial charge in [-0.05, 0) is 111 Å². The highest BCUT2D eigenvalue weighted by atomic mass is 15.1. The molecule has 0 spiro atoms. The lowest BCUT2D eigenvalue weighted by molar-refractivity contribution is 0.805. The number of aromatic nitrogens is 4. The topological polar surface area (TPSA) is 38.9 Å². The second-order valence-electron chi connectivity index (χ2n) is 18.5. The fourth-order valence-electron chi connectivity index (χ4n) is 9.20. The van der Waals surface area contributed by atoms with Gasteiger partial charge in [-0.2, -0.15) is 0 Å². The van der Waals surface area contributed by atoms with Crippen LogP contribution in [0.15, 0.2) is 189 Å². The van der Waals surface area contributed by atoms with Crippen molar-refractivity contribution in [3.63, 3.8) is 0 Å². The summed E-state index contributed by atoms with van der Waals surface area (Å²) in [5.74, 6) is 1.49. The fourth-order valence-corrected chi connectivity index (χ4v) is 9.20. The van der Waals surface area contributed by atoms with Crippen molar-refractivity contribution in [3.8, 4) is 56.1 Å². The molecular formula is C60H59N5. The zero-order valence-electron chi connectivity index (χ0n) is 38.9. The van der Waals surface area contributed by atoms with Crippen molar-refractivity contribution >= 4 is 17.1 Å². The molecule has 0 fully saturated rings. The van der Waals surface area contributed by atoms with Crippen molar-refractivity contribution in [3.05, 3.63) is 211 Å². The minimum absolute atomic E-state index is 0.372. The third-order valence-corrected chi connectivity index (χ3v) is 12.6. The van der Waals surface area contributed by atoms with Gasteiger partial charge in [0.25, 0.3) is 0 Å². The Labute approximate surface area is 385 Å². The molecule has 5 heteroatoms. The van der Waals surface area contributed by atoms with Gasteiger partial charge in [-0.15, -0.1) is 0 Å². The summed E-state index contributed by atoms with van der Waals surface area (Å²) >= 11 is 0. The Morgan fingerprint density at radius 3 is 1.05 bits per heavy atom. The summed E-state index contributed by atoms with van der Waals surface area (Å²) in [6.45, 7) is 18.1. The van der Waals surface area contributed by atoms with Crippen molar-refractivity contribution < 1.29 is 0 Å². The van der Waals surface area contributed by atoms with Crippen molar-refractivity contribution in [2.45, 2.75) is 79.1 Å². The summed E-state index contributed by atoms with van der Waals surface area (Å²) in [6.07, 6.45) is 8.35. The van der Waals surface area contributed by atoms with Crippen LogP contribution in [-0.4, -0.2) is 19.1 Å². The van der Waals surface area contributed by atoms with Gasteiger partial charge in [0, 0.05) is 40.6 Å². The number of imidazole rings is 2. The molecule has 0 bridgehead atoms. The minimum atomic E-state index is 0.372. The van der Waals surface area contributed by atoms with E-state index in [1.165, 1.54) is 33.6 Å². The maximum Gasteiger partial charge on any atom is 0.0999 e. The van der Waals surface area contributed by atoms with Crippen LogP contribution in [-0.2, 0) is 0 Å². The summed E-state index contributed by atoms with van der Waals surface area (Å²) in [4.78, 5) is 12.5.